The van der Waals surface area contributed by atoms with Gasteiger partial charge in [0.2, 0.25) is 5.95 Å². The van der Waals surface area contributed by atoms with E-state index in [1.54, 1.807) is 18.2 Å². The molecule has 2 aromatic carbocycles. The first kappa shape index (κ1) is 20.3. The highest BCUT2D eigenvalue weighted by atomic mass is 19.1. The Hall–Kier alpha value is -3.59. The van der Waals surface area contributed by atoms with Gasteiger partial charge in [0.25, 0.3) is 5.91 Å². The van der Waals surface area contributed by atoms with Gasteiger partial charge in [-0.05, 0) is 56.4 Å². The number of benzene rings is 2. The van der Waals surface area contributed by atoms with E-state index in [1.807, 2.05) is 25.1 Å². The highest BCUT2D eigenvalue weighted by molar-refractivity contribution is 5.97. The Morgan fingerprint density at radius 1 is 1.12 bits per heavy atom. The number of rotatable bonds is 3. The third-order valence-corrected chi connectivity index (χ3v) is 5.92. The van der Waals surface area contributed by atoms with Crippen molar-refractivity contribution in [2.24, 2.45) is 0 Å². The number of fused-ring (bicyclic) bond motifs is 2. The van der Waals surface area contributed by atoms with Crippen molar-refractivity contribution in [3.8, 4) is 28.3 Å². The Balaban J connectivity index is 1.63. The van der Waals surface area contributed by atoms with Crippen molar-refractivity contribution in [2.75, 3.05) is 33.0 Å². The molecule has 0 aliphatic carbocycles. The van der Waals surface area contributed by atoms with Crippen molar-refractivity contribution in [2.45, 2.75) is 12.5 Å². The van der Waals surface area contributed by atoms with Gasteiger partial charge in [-0.1, -0.05) is 0 Å². The van der Waals surface area contributed by atoms with Crippen LogP contribution in [0.4, 0.5) is 14.6 Å². The zero-order valence-electron chi connectivity index (χ0n) is 17.6. The van der Waals surface area contributed by atoms with Crippen LogP contribution in [0.25, 0.3) is 22.5 Å². The summed E-state index contributed by atoms with van der Waals surface area (Å²) in [4.78, 5) is 22.2. The molecule has 2 aliphatic heterocycles. The number of hydrogen-bond acceptors (Lipinski definition) is 6. The molecule has 3 N–H and O–H groups in total. The van der Waals surface area contributed by atoms with Gasteiger partial charge in [-0.3, -0.25) is 9.69 Å². The zero-order chi connectivity index (χ0) is 22.6. The van der Waals surface area contributed by atoms with Crippen molar-refractivity contribution in [1.29, 1.82) is 0 Å². The number of likely N-dealkylation sites (N-methyl/N-ethyl adjacent to an activating group) is 1. The minimum absolute atomic E-state index is 0.0264. The summed E-state index contributed by atoms with van der Waals surface area (Å²) in [6, 6.07) is 8.01. The minimum Gasteiger partial charge on any atom is -0.491 e. The normalized spacial score (nSPS) is 17.0. The molecule has 1 aromatic heterocycles. The second kappa shape index (κ2) is 7.52. The Morgan fingerprint density at radius 2 is 1.94 bits per heavy atom. The predicted octanol–water partition coefficient (Wildman–Crippen LogP) is 2.95. The van der Waals surface area contributed by atoms with E-state index in [0.29, 0.717) is 30.7 Å². The molecule has 2 aliphatic rings. The largest absolute Gasteiger partial charge is 0.491 e. The van der Waals surface area contributed by atoms with Gasteiger partial charge in [-0.15, -0.1) is 0 Å². The van der Waals surface area contributed by atoms with Gasteiger partial charge in [-0.2, -0.15) is 9.37 Å². The highest BCUT2D eigenvalue weighted by Crippen LogP contribution is 2.39. The van der Waals surface area contributed by atoms with Gasteiger partial charge in [0, 0.05) is 28.8 Å². The summed E-state index contributed by atoms with van der Waals surface area (Å²) < 4.78 is 35.5. The summed E-state index contributed by atoms with van der Waals surface area (Å²) in [7, 11) is 3.88. The number of carbonyl (C=O) groups is 1. The SMILES string of the molecule is CN(C)[C@@H]1COc2ccc(-c3nc(-c4cc5c(cc4F)C(=O)NCC5)c(N)nc3F)cc21. The molecule has 0 saturated heterocycles. The topological polar surface area (TPSA) is 93.4 Å². The number of nitrogens with one attached hydrogen (secondary N) is 1. The quantitative estimate of drug-likeness (QED) is 0.655. The number of nitrogens with two attached hydrogens (primary N) is 1. The average molecular weight is 437 g/mol. The van der Waals surface area contributed by atoms with Gasteiger partial charge in [0.15, 0.2) is 5.82 Å². The van der Waals surface area contributed by atoms with Gasteiger partial charge < -0.3 is 15.8 Å². The molecule has 3 heterocycles. The maximum absolute atomic E-state index is 15.0. The van der Waals surface area contributed by atoms with Crippen LogP contribution in [0.15, 0.2) is 30.3 Å². The van der Waals surface area contributed by atoms with Crippen LogP contribution < -0.4 is 15.8 Å². The summed E-state index contributed by atoms with van der Waals surface area (Å²) in [6.45, 7) is 0.956. The van der Waals surface area contributed by atoms with Crippen molar-refractivity contribution in [1.82, 2.24) is 20.2 Å². The van der Waals surface area contributed by atoms with Gasteiger partial charge in [-0.25, -0.2) is 9.37 Å². The number of aromatic nitrogens is 2. The Morgan fingerprint density at radius 3 is 2.72 bits per heavy atom. The van der Waals surface area contributed by atoms with Crippen molar-refractivity contribution in [3.05, 3.63) is 58.8 Å². The lowest BCUT2D eigenvalue weighted by atomic mass is 9.96. The molecule has 5 rings (SSSR count). The van der Waals surface area contributed by atoms with E-state index in [2.05, 4.69) is 15.3 Å². The van der Waals surface area contributed by atoms with Crippen LogP contribution in [0.1, 0.15) is 27.5 Å². The Bertz CT molecular complexity index is 1260. The van der Waals surface area contributed by atoms with E-state index < -0.39 is 11.8 Å². The summed E-state index contributed by atoms with van der Waals surface area (Å²) in [5.74, 6) is -1.33. The minimum atomic E-state index is -0.843. The summed E-state index contributed by atoms with van der Waals surface area (Å²) in [5, 5.41) is 2.68. The lowest BCUT2D eigenvalue weighted by Crippen LogP contribution is -2.32. The van der Waals surface area contributed by atoms with Gasteiger partial charge >= 0.3 is 0 Å². The molecule has 0 unspecified atom stereocenters. The maximum atomic E-state index is 15.0. The predicted molar refractivity (Wildman–Crippen MR) is 115 cm³/mol. The summed E-state index contributed by atoms with van der Waals surface area (Å²) in [5.41, 5.74) is 8.39. The first-order valence-electron chi connectivity index (χ1n) is 10.2. The van der Waals surface area contributed by atoms with Crippen LogP contribution in [0.5, 0.6) is 5.75 Å². The third-order valence-electron chi connectivity index (χ3n) is 5.92. The van der Waals surface area contributed by atoms with E-state index in [-0.39, 0.29) is 40.3 Å². The number of amides is 1. The van der Waals surface area contributed by atoms with E-state index in [0.717, 1.165) is 17.4 Å². The molecule has 0 bridgehead atoms. The van der Waals surface area contributed by atoms with E-state index >= 15 is 0 Å². The molecule has 32 heavy (non-hydrogen) atoms. The van der Waals surface area contributed by atoms with Gasteiger partial charge in [0.1, 0.15) is 29.6 Å². The number of anilines is 1. The Labute approximate surface area is 183 Å². The van der Waals surface area contributed by atoms with Crippen LogP contribution in [-0.4, -0.2) is 48.0 Å². The number of halogens is 2. The first-order valence-corrected chi connectivity index (χ1v) is 10.2. The van der Waals surface area contributed by atoms with Crippen molar-refractivity contribution < 1.29 is 18.3 Å². The summed E-state index contributed by atoms with van der Waals surface area (Å²) in [6.07, 6.45) is 0.548. The van der Waals surface area contributed by atoms with E-state index in [1.165, 1.54) is 0 Å². The molecule has 9 heteroatoms. The fraction of sp³-hybridized carbons (Fsp3) is 0.261. The lowest BCUT2D eigenvalue weighted by Gasteiger charge is -2.19. The smallest absolute Gasteiger partial charge is 0.251 e. The van der Waals surface area contributed by atoms with Crippen LogP contribution >= 0.6 is 0 Å². The molecule has 0 saturated carbocycles. The average Bonchev–Trinajstić information content (AvgIpc) is 3.18. The number of nitrogen functional groups attached to an aromatic ring is 1. The third kappa shape index (κ3) is 3.25. The molecule has 3 aromatic rings. The van der Waals surface area contributed by atoms with Crippen LogP contribution in [0.2, 0.25) is 0 Å². The molecule has 0 fully saturated rings. The molecule has 1 atom stereocenters. The molecule has 0 radical (unpaired) electrons. The molecular formula is C23H21F2N5O2. The van der Waals surface area contributed by atoms with E-state index in [4.69, 9.17) is 10.5 Å². The van der Waals surface area contributed by atoms with Crippen LogP contribution in [0.3, 0.4) is 0 Å². The molecule has 7 nitrogen and oxygen atoms in total. The second-order valence-electron chi connectivity index (χ2n) is 8.13. The fourth-order valence-electron chi connectivity index (χ4n) is 4.21. The first-order chi connectivity index (χ1) is 15.3. The second-order valence-corrected chi connectivity index (χ2v) is 8.13. The number of ether oxygens (including phenoxy) is 1. The number of carbonyl (C=O) groups excluding carboxylic acids is 1. The van der Waals surface area contributed by atoms with Crippen LogP contribution in [0, 0.1) is 11.8 Å². The molecule has 0 spiro atoms. The number of hydrogen-bond donors (Lipinski definition) is 2. The number of nitrogens with zero attached hydrogens (tertiary/aromatic N) is 3. The lowest BCUT2D eigenvalue weighted by molar-refractivity contribution is 0.0945. The van der Waals surface area contributed by atoms with Crippen molar-refractivity contribution >= 4 is 11.7 Å². The monoisotopic (exact) mass is 437 g/mol. The van der Waals surface area contributed by atoms with Gasteiger partial charge in [0.05, 0.1) is 6.04 Å². The zero-order valence-corrected chi connectivity index (χ0v) is 17.6. The van der Waals surface area contributed by atoms with E-state index in [9.17, 15) is 13.6 Å². The van der Waals surface area contributed by atoms with Crippen LogP contribution in [-0.2, 0) is 6.42 Å². The van der Waals surface area contributed by atoms with Crippen molar-refractivity contribution in [3.63, 3.8) is 0 Å². The fourth-order valence-corrected chi connectivity index (χ4v) is 4.21. The standard InChI is InChI=1S/C23H21F2N5O2/c1-30(2)17-10-32-18-4-3-12(8-15(17)18)19-21(25)29-22(26)20(28-19)14-7-11-5-6-27-23(31)13(11)9-16(14)24/h3-4,7-9,17H,5-6,10H2,1-2H3,(H2,26,29)(H,27,31)/t17-/m1/s1. The molecule has 164 valence electrons. The molecule has 1 amide bonds. The molecular weight excluding hydrogens is 416 g/mol. The maximum Gasteiger partial charge on any atom is 0.251 e. The Kier molecular flexibility index (Phi) is 4.78. The summed E-state index contributed by atoms with van der Waals surface area (Å²) >= 11 is 0. The highest BCUT2D eigenvalue weighted by Gasteiger charge is 2.28.